The first kappa shape index (κ1) is 15.0. The summed E-state index contributed by atoms with van der Waals surface area (Å²) in [6.07, 6.45) is 5.26. The number of hydrogen-bond donors (Lipinski definition) is 2. The van der Waals surface area contributed by atoms with Crippen LogP contribution in [0.2, 0.25) is 0 Å². The normalized spacial score (nSPS) is 25.4. The van der Waals surface area contributed by atoms with Gasteiger partial charge in [-0.1, -0.05) is 6.07 Å². The fourth-order valence-corrected chi connectivity index (χ4v) is 3.61. The van der Waals surface area contributed by atoms with E-state index in [0.717, 1.165) is 67.7 Å². The van der Waals surface area contributed by atoms with E-state index in [0.29, 0.717) is 18.1 Å². The summed E-state index contributed by atoms with van der Waals surface area (Å²) in [5.74, 6) is 1.61. The van der Waals surface area contributed by atoms with Gasteiger partial charge in [-0.15, -0.1) is 0 Å². The second-order valence-electron chi connectivity index (χ2n) is 6.86. The van der Waals surface area contributed by atoms with E-state index in [1.807, 2.05) is 25.1 Å². The number of piperidine rings is 1. The Bertz CT molecular complexity index is 657. The van der Waals surface area contributed by atoms with Crippen molar-refractivity contribution in [2.45, 2.75) is 44.8 Å². The Balaban J connectivity index is 1.28. The molecular weight excluding hydrogens is 290 g/mol. The number of aromatic nitrogens is 2. The van der Waals surface area contributed by atoms with E-state index in [9.17, 15) is 0 Å². The number of hydrogen-bond acceptors (Lipinski definition) is 4. The standard InChI is InChI=1S/C18H25N3O2/c1-12-18-16(21-20-12)3-2-4-17(18)23-15-9-13(10-15)11-22-14-5-7-19-8-6-14/h2-4,13-15,19H,5-11H2,1H3,(H,20,21). The highest BCUT2D eigenvalue weighted by atomic mass is 16.5. The Labute approximate surface area is 136 Å². The first-order chi connectivity index (χ1) is 11.3. The van der Waals surface area contributed by atoms with E-state index < -0.39 is 0 Å². The summed E-state index contributed by atoms with van der Waals surface area (Å²) in [7, 11) is 0. The van der Waals surface area contributed by atoms with Crippen molar-refractivity contribution in [3.63, 3.8) is 0 Å². The molecule has 1 aliphatic heterocycles. The minimum absolute atomic E-state index is 0.316. The van der Waals surface area contributed by atoms with Gasteiger partial charge in [0.1, 0.15) is 5.75 Å². The number of fused-ring (bicyclic) bond motifs is 1. The van der Waals surface area contributed by atoms with Gasteiger partial charge in [0.25, 0.3) is 0 Å². The molecule has 4 rings (SSSR count). The molecule has 124 valence electrons. The number of ether oxygens (including phenoxy) is 2. The first-order valence-corrected chi connectivity index (χ1v) is 8.72. The van der Waals surface area contributed by atoms with Crippen LogP contribution in [0.4, 0.5) is 0 Å². The molecule has 5 nitrogen and oxygen atoms in total. The van der Waals surface area contributed by atoms with Crippen molar-refractivity contribution < 1.29 is 9.47 Å². The van der Waals surface area contributed by atoms with Crippen LogP contribution in [-0.4, -0.2) is 42.1 Å². The van der Waals surface area contributed by atoms with Crippen LogP contribution in [0, 0.1) is 12.8 Å². The quantitative estimate of drug-likeness (QED) is 0.891. The van der Waals surface area contributed by atoms with Crippen LogP contribution in [-0.2, 0) is 4.74 Å². The van der Waals surface area contributed by atoms with Crippen molar-refractivity contribution in [1.29, 1.82) is 0 Å². The van der Waals surface area contributed by atoms with Gasteiger partial charge >= 0.3 is 0 Å². The topological polar surface area (TPSA) is 59.2 Å². The molecule has 1 saturated heterocycles. The summed E-state index contributed by atoms with van der Waals surface area (Å²) in [6, 6.07) is 6.07. The molecule has 0 amide bonds. The SMILES string of the molecule is Cc1[nH]nc2cccc(OC3CC(COC4CCNCC4)C3)c12. The predicted octanol–water partition coefficient (Wildman–Crippen LogP) is 2.80. The fourth-order valence-electron chi connectivity index (χ4n) is 3.61. The second-order valence-corrected chi connectivity index (χ2v) is 6.86. The summed E-state index contributed by atoms with van der Waals surface area (Å²) in [5, 5.41) is 11.8. The molecule has 23 heavy (non-hydrogen) atoms. The monoisotopic (exact) mass is 315 g/mol. The largest absolute Gasteiger partial charge is 0.490 e. The number of nitrogens with zero attached hydrogens (tertiary/aromatic N) is 1. The van der Waals surface area contributed by atoms with Gasteiger partial charge in [-0.05, 0) is 63.7 Å². The van der Waals surface area contributed by atoms with Crippen LogP contribution in [0.1, 0.15) is 31.4 Å². The van der Waals surface area contributed by atoms with Crippen LogP contribution >= 0.6 is 0 Å². The van der Waals surface area contributed by atoms with E-state index in [1.165, 1.54) is 0 Å². The van der Waals surface area contributed by atoms with E-state index in [1.54, 1.807) is 0 Å². The molecule has 0 bridgehead atoms. The van der Waals surface area contributed by atoms with Gasteiger partial charge in [0.2, 0.25) is 0 Å². The third kappa shape index (κ3) is 3.21. The molecule has 1 aromatic heterocycles. The number of nitrogens with one attached hydrogen (secondary N) is 2. The van der Waals surface area contributed by atoms with Crippen molar-refractivity contribution >= 4 is 10.9 Å². The highest BCUT2D eigenvalue weighted by Crippen LogP contribution is 2.35. The lowest BCUT2D eigenvalue weighted by atomic mass is 9.83. The van der Waals surface area contributed by atoms with Crippen molar-refractivity contribution in [3.05, 3.63) is 23.9 Å². The summed E-state index contributed by atoms with van der Waals surface area (Å²) in [5.41, 5.74) is 2.05. The highest BCUT2D eigenvalue weighted by molar-refractivity contribution is 5.87. The first-order valence-electron chi connectivity index (χ1n) is 8.72. The highest BCUT2D eigenvalue weighted by Gasteiger charge is 2.32. The zero-order chi connectivity index (χ0) is 15.6. The summed E-state index contributed by atoms with van der Waals surface area (Å²) in [4.78, 5) is 0. The van der Waals surface area contributed by atoms with Crippen LogP contribution in [0.15, 0.2) is 18.2 Å². The van der Waals surface area contributed by atoms with E-state index in [4.69, 9.17) is 9.47 Å². The minimum Gasteiger partial charge on any atom is -0.490 e. The van der Waals surface area contributed by atoms with Crippen LogP contribution in [0.5, 0.6) is 5.75 Å². The zero-order valence-corrected chi connectivity index (χ0v) is 13.7. The predicted molar refractivity (Wildman–Crippen MR) is 89.8 cm³/mol. The Hall–Kier alpha value is -1.59. The summed E-state index contributed by atoms with van der Waals surface area (Å²) < 4.78 is 12.3. The average Bonchev–Trinajstić information content (AvgIpc) is 2.93. The van der Waals surface area contributed by atoms with Gasteiger partial charge in [-0.25, -0.2) is 0 Å². The summed E-state index contributed by atoms with van der Waals surface area (Å²) >= 11 is 0. The number of aromatic amines is 1. The molecule has 0 unspecified atom stereocenters. The molecule has 0 spiro atoms. The second kappa shape index (κ2) is 6.49. The third-order valence-electron chi connectivity index (χ3n) is 5.06. The number of H-pyrrole nitrogens is 1. The molecule has 2 heterocycles. The van der Waals surface area contributed by atoms with E-state index in [2.05, 4.69) is 15.5 Å². The van der Waals surface area contributed by atoms with Gasteiger partial charge in [-0.2, -0.15) is 5.10 Å². The molecule has 2 aromatic rings. The minimum atomic E-state index is 0.316. The molecule has 1 aliphatic carbocycles. The Morgan fingerprint density at radius 2 is 2.00 bits per heavy atom. The van der Waals surface area contributed by atoms with Gasteiger partial charge in [0.15, 0.2) is 0 Å². The lowest BCUT2D eigenvalue weighted by molar-refractivity contribution is -0.0361. The Morgan fingerprint density at radius 1 is 1.17 bits per heavy atom. The molecule has 2 N–H and O–H groups in total. The molecule has 1 saturated carbocycles. The van der Waals surface area contributed by atoms with Gasteiger partial charge < -0.3 is 14.8 Å². The smallest absolute Gasteiger partial charge is 0.130 e. The molecule has 2 aliphatic rings. The van der Waals surface area contributed by atoms with Crippen molar-refractivity contribution in [2.75, 3.05) is 19.7 Å². The number of rotatable bonds is 5. The van der Waals surface area contributed by atoms with Gasteiger partial charge in [0.05, 0.1) is 29.7 Å². The Kier molecular flexibility index (Phi) is 4.23. The third-order valence-corrected chi connectivity index (χ3v) is 5.06. The van der Waals surface area contributed by atoms with Gasteiger partial charge in [0, 0.05) is 5.69 Å². The number of benzene rings is 1. The zero-order valence-electron chi connectivity index (χ0n) is 13.7. The van der Waals surface area contributed by atoms with E-state index >= 15 is 0 Å². The molecule has 0 radical (unpaired) electrons. The van der Waals surface area contributed by atoms with Crippen molar-refractivity contribution in [3.8, 4) is 5.75 Å². The Morgan fingerprint density at radius 3 is 2.83 bits per heavy atom. The lowest BCUT2D eigenvalue weighted by Gasteiger charge is -2.36. The fraction of sp³-hybridized carbons (Fsp3) is 0.611. The number of aryl methyl sites for hydroxylation is 1. The van der Waals surface area contributed by atoms with Crippen LogP contribution < -0.4 is 10.1 Å². The average molecular weight is 315 g/mol. The molecule has 5 heteroatoms. The van der Waals surface area contributed by atoms with E-state index in [-0.39, 0.29) is 0 Å². The molecule has 1 aromatic carbocycles. The molecular formula is C18H25N3O2. The maximum Gasteiger partial charge on any atom is 0.130 e. The summed E-state index contributed by atoms with van der Waals surface area (Å²) in [6.45, 7) is 5.11. The maximum absolute atomic E-state index is 6.20. The molecule has 0 atom stereocenters. The van der Waals surface area contributed by atoms with Crippen molar-refractivity contribution in [2.24, 2.45) is 5.92 Å². The van der Waals surface area contributed by atoms with Crippen LogP contribution in [0.25, 0.3) is 10.9 Å². The molecule has 2 fully saturated rings. The van der Waals surface area contributed by atoms with Gasteiger partial charge in [-0.3, -0.25) is 5.10 Å². The van der Waals surface area contributed by atoms with Crippen molar-refractivity contribution in [1.82, 2.24) is 15.5 Å². The maximum atomic E-state index is 6.20. The van der Waals surface area contributed by atoms with Crippen LogP contribution in [0.3, 0.4) is 0 Å². The lowest BCUT2D eigenvalue weighted by Crippen LogP contribution is -2.39.